The van der Waals surface area contributed by atoms with E-state index in [4.69, 9.17) is 9.47 Å². The molecule has 0 bridgehead atoms. The molecule has 0 atom stereocenters. The molecule has 154 valence electrons. The molecule has 0 aliphatic heterocycles. The Morgan fingerprint density at radius 2 is 1.86 bits per heavy atom. The second-order valence-electron chi connectivity index (χ2n) is 7.99. The molecule has 0 radical (unpaired) electrons. The molecule has 0 aliphatic carbocycles. The highest BCUT2D eigenvalue weighted by Crippen LogP contribution is 2.27. The maximum Gasteiger partial charge on any atom is 0.348 e. The quantitative estimate of drug-likeness (QED) is 0.452. The number of methoxy groups -OCH3 is 1. The molecule has 0 unspecified atom stereocenters. The summed E-state index contributed by atoms with van der Waals surface area (Å²) in [5.74, 6) is -0.453. The van der Waals surface area contributed by atoms with Gasteiger partial charge in [-0.2, -0.15) is 0 Å². The molecule has 0 aliphatic rings. The van der Waals surface area contributed by atoms with E-state index in [1.807, 2.05) is 12.1 Å². The molecule has 2 heterocycles. The first-order valence-electron chi connectivity index (χ1n) is 9.46. The van der Waals surface area contributed by atoms with Gasteiger partial charge in [0.2, 0.25) is 0 Å². The summed E-state index contributed by atoms with van der Waals surface area (Å²) in [6.07, 6.45) is 1.54. The van der Waals surface area contributed by atoms with Crippen LogP contribution in [0.2, 0.25) is 0 Å². The van der Waals surface area contributed by atoms with Gasteiger partial charge in [-0.05, 0) is 29.0 Å². The zero-order chi connectivity index (χ0) is 21.2. The van der Waals surface area contributed by atoms with Gasteiger partial charge in [-0.15, -0.1) is 11.3 Å². The Labute approximate surface area is 174 Å². The van der Waals surface area contributed by atoms with Crippen molar-refractivity contribution in [1.82, 2.24) is 9.55 Å². The van der Waals surface area contributed by atoms with Crippen molar-refractivity contribution in [3.63, 3.8) is 0 Å². The van der Waals surface area contributed by atoms with Crippen LogP contribution in [0.1, 0.15) is 47.1 Å². The second-order valence-corrected chi connectivity index (χ2v) is 8.99. The lowest BCUT2D eigenvalue weighted by Gasteiger charge is -2.19. The van der Waals surface area contributed by atoms with Gasteiger partial charge in [0.25, 0.3) is 5.56 Å². The average molecular weight is 415 g/mol. The number of ether oxygens (including phenoxy) is 2. The summed E-state index contributed by atoms with van der Waals surface area (Å²) in [6.45, 7) is 9.19. The summed E-state index contributed by atoms with van der Waals surface area (Å²) in [6, 6.07) is 8.26. The zero-order valence-electron chi connectivity index (χ0n) is 17.4. The molecule has 1 aromatic carbocycles. The maximum absolute atomic E-state index is 13.0. The highest BCUT2D eigenvalue weighted by molar-refractivity contribution is 7.20. The molecule has 0 amide bonds. The molecular weight excluding hydrogens is 388 g/mol. The Morgan fingerprint density at radius 1 is 1.17 bits per heavy atom. The molecular formula is C22H26N2O4S. The fourth-order valence-electron chi connectivity index (χ4n) is 3.06. The number of hydrogen-bond donors (Lipinski definition) is 0. The van der Waals surface area contributed by atoms with E-state index in [1.165, 1.54) is 23.2 Å². The summed E-state index contributed by atoms with van der Waals surface area (Å²) in [5, 5.41) is 0.475. The first-order valence-corrected chi connectivity index (χ1v) is 10.3. The van der Waals surface area contributed by atoms with E-state index in [0.717, 1.165) is 5.56 Å². The Morgan fingerprint density at radius 3 is 2.48 bits per heavy atom. The lowest BCUT2D eigenvalue weighted by atomic mass is 9.87. The van der Waals surface area contributed by atoms with E-state index >= 15 is 0 Å². The van der Waals surface area contributed by atoms with Gasteiger partial charge >= 0.3 is 5.97 Å². The Balaban J connectivity index is 1.89. The second kappa shape index (κ2) is 8.47. The molecule has 7 heteroatoms. The number of rotatable bonds is 6. The minimum Gasteiger partial charge on any atom is -0.459 e. The normalized spacial score (nSPS) is 11.8. The van der Waals surface area contributed by atoms with E-state index < -0.39 is 5.97 Å². The molecule has 0 saturated carbocycles. The average Bonchev–Trinajstić information content (AvgIpc) is 3.01. The third kappa shape index (κ3) is 4.57. The Bertz CT molecular complexity index is 1080. The number of esters is 1. The van der Waals surface area contributed by atoms with Crippen molar-refractivity contribution in [3.8, 4) is 0 Å². The van der Waals surface area contributed by atoms with Crippen LogP contribution in [0.4, 0.5) is 0 Å². The Kier molecular flexibility index (Phi) is 6.19. The van der Waals surface area contributed by atoms with E-state index in [-0.39, 0.29) is 17.6 Å². The van der Waals surface area contributed by atoms with Crippen LogP contribution in [-0.2, 0) is 21.4 Å². The number of carbonyl (C=O) groups is 1. The van der Waals surface area contributed by atoms with Gasteiger partial charge in [-0.1, -0.05) is 45.0 Å². The monoisotopic (exact) mass is 414 g/mol. The molecule has 6 nitrogen and oxygen atoms in total. The third-order valence-electron chi connectivity index (χ3n) is 4.80. The van der Waals surface area contributed by atoms with Crippen molar-refractivity contribution < 1.29 is 14.3 Å². The van der Waals surface area contributed by atoms with E-state index in [1.54, 1.807) is 18.6 Å². The van der Waals surface area contributed by atoms with Crippen LogP contribution in [-0.4, -0.2) is 35.8 Å². The third-order valence-corrected chi connectivity index (χ3v) is 5.98. The highest BCUT2D eigenvalue weighted by atomic mass is 32.1. The van der Waals surface area contributed by atoms with Crippen LogP contribution >= 0.6 is 11.3 Å². The Hall–Kier alpha value is -2.51. The summed E-state index contributed by atoms with van der Waals surface area (Å²) in [7, 11) is 1.54. The first kappa shape index (κ1) is 21.2. The van der Waals surface area contributed by atoms with E-state index in [9.17, 15) is 9.59 Å². The van der Waals surface area contributed by atoms with Gasteiger partial charge < -0.3 is 9.47 Å². The molecule has 2 aromatic heterocycles. The van der Waals surface area contributed by atoms with Gasteiger partial charge in [-0.3, -0.25) is 9.36 Å². The molecule has 0 spiro atoms. The van der Waals surface area contributed by atoms with Crippen molar-refractivity contribution in [1.29, 1.82) is 0 Å². The fourth-order valence-corrected chi connectivity index (χ4v) is 4.09. The smallest absolute Gasteiger partial charge is 0.348 e. The predicted molar refractivity (Wildman–Crippen MR) is 115 cm³/mol. The van der Waals surface area contributed by atoms with Crippen LogP contribution < -0.4 is 5.56 Å². The van der Waals surface area contributed by atoms with Crippen LogP contribution in [0.15, 0.2) is 35.4 Å². The fraction of sp³-hybridized carbons (Fsp3) is 0.409. The molecule has 0 saturated heterocycles. The number of benzene rings is 1. The summed E-state index contributed by atoms with van der Waals surface area (Å²) in [4.78, 5) is 30.7. The first-order chi connectivity index (χ1) is 13.7. The van der Waals surface area contributed by atoms with Crippen molar-refractivity contribution >= 4 is 27.5 Å². The summed E-state index contributed by atoms with van der Waals surface area (Å²) < 4.78 is 11.7. The van der Waals surface area contributed by atoms with Crippen molar-refractivity contribution in [2.75, 3.05) is 20.3 Å². The van der Waals surface area contributed by atoms with Crippen molar-refractivity contribution in [2.24, 2.45) is 0 Å². The molecule has 29 heavy (non-hydrogen) atoms. The van der Waals surface area contributed by atoms with Crippen molar-refractivity contribution in [2.45, 2.75) is 39.7 Å². The van der Waals surface area contributed by atoms with Gasteiger partial charge in [-0.25, -0.2) is 9.78 Å². The molecule has 0 N–H and O–H groups in total. The molecule has 3 aromatic rings. The standard InChI is InChI=1S/C22H26N2O4S/c1-14-17-19(29-18(14)21(26)28-11-10-27-5)23-13-24(20(17)25)12-15-6-8-16(9-7-15)22(2,3)4/h6-9,13H,10-12H2,1-5H3. The number of carbonyl (C=O) groups excluding carboxylic acids is 1. The van der Waals surface area contributed by atoms with Crippen LogP contribution in [0.5, 0.6) is 0 Å². The van der Waals surface area contributed by atoms with Crippen LogP contribution in [0.3, 0.4) is 0 Å². The predicted octanol–water partition coefficient (Wildman–Crippen LogP) is 3.92. The molecule has 3 rings (SSSR count). The molecule has 0 fully saturated rings. The van der Waals surface area contributed by atoms with Gasteiger partial charge in [0, 0.05) is 7.11 Å². The topological polar surface area (TPSA) is 70.4 Å². The summed E-state index contributed by atoms with van der Waals surface area (Å²) in [5.41, 5.74) is 2.81. The largest absolute Gasteiger partial charge is 0.459 e. The lowest BCUT2D eigenvalue weighted by molar-refractivity contribution is 0.0393. The number of nitrogens with zero attached hydrogens (tertiary/aromatic N) is 2. The highest BCUT2D eigenvalue weighted by Gasteiger charge is 2.20. The van der Waals surface area contributed by atoms with Gasteiger partial charge in [0.15, 0.2) is 0 Å². The summed E-state index contributed by atoms with van der Waals surface area (Å²) >= 11 is 1.18. The van der Waals surface area contributed by atoms with E-state index in [2.05, 4.69) is 37.9 Å². The maximum atomic E-state index is 13.0. The lowest BCUT2D eigenvalue weighted by Crippen LogP contribution is -2.21. The van der Waals surface area contributed by atoms with E-state index in [0.29, 0.717) is 33.8 Å². The SMILES string of the molecule is COCCOC(=O)c1sc2ncn(Cc3ccc(C(C)(C)C)cc3)c(=O)c2c1C. The van der Waals surface area contributed by atoms with Crippen LogP contribution in [0.25, 0.3) is 10.2 Å². The number of fused-ring (bicyclic) bond motifs is 1. The van der Waals surface area contributed by atoms with Crippen LogP contribution in [0, 0.1) is 6.92 Å². The zero-order valence-corrected chi connectivity index (χ0v) is 18.3. The van der Waals surface area contributed by atoms with Gasteiger partial charge in [0.1, 0.15) is 16.3 Å². The number of thiophene rings is 1. The minimum atomic E-state index is -0.453. The van der Waals surface area contributed by atoms with Crippen molar-refractivity contribution in [3.05, 3.63) is 62.5 Å². The number of aromatic nitrogens is 2. The van der Waals surface area contributed by atoms with Gasteiger partial charge in [0.05, 0.1) is 24.9 Å². The number of aryl methyl sites for hydroxylation is 1. The minimum absolute atomic E-state index is 0.0812. The number of hydrogen-bond acceptors (Lipinski definition) is 6.